The van der Waals surface area contributed by atoms with Crippen LogP contribution in [0.4, 0.5) is 0 Å². The third-order valence-corrected chi connectivity index (χ3v) is 3.04. The minimum absolute atomic E-state index is 0.305. The van der Waals surface area contributed by atoms with Gasteiger partial charge >= 0.3 is 0 Å². The van der Waals surface area contributed by atoms with Gasteiger partial charge in [0.25, 0.3) is 0 Å². The fraction of sp³-hybridized carbons (Fsp3) is 0.923. The number of Topliss-reactive ketones (excluding diaryl/α,β-unsaturated/α-hetero) is 1. The molecule has 2 nitrogen and oxygen atoms in total. The van der Waals surface area contributed by atoms with E-state index < -0.39 is 0 Å². The minimum Gasteiger partial charge on any atom is -0.381 e. The molecule has 0 amide bonds. The van der Waals surface area contributed by atoms with E-state index in [0.717, 1.165) is 45.3 Å². The molecule has 0 aliphatic heterocycles. The molecule has 1 saturated carbocycles. The van der Waals surface area contributed by atoms with Crippen molar-refractivity contribution in [3.05, 3.63) is 0 Å². The van der Waals surface area contributed by atoms with E-state index >= 15 is 0 Å². The molecule has 1 fully saturated rings. The van der Waals surface area contributed by atoms with Crippen LogP contribution in [0.1, 0.15) is 52.9 Å². The lowest BCUT2D eigenvalue weighted by molar-refractivity contribution is -0.121. The minimum atomic E-state index is 0.305. The molecular weight excluding hydrogens is 188 g/mol. The lowest BCUT2D eigenvalue weighted by Crippen LogP contribution is -2.13. The molecule has 0 radical (unpaired) electrons. The highest BCUT2D eigenvalue weighted by atomic mass is 16.5. The maximum atomic E-state index is 11.3. The second-order valence-electron chi connectivity index (χ2n) is 5.77. The Bertz CT molecular complexity index is 203. The second-order valence-corrected chi connectivity index (χ2v) is 5.77. The summed E-state index contributed by atoms with van der Waals surface area (Å²) >= 11 is 0. The van der Waals surface area contributed by atoms with Gasteiger partial charge < -0.3 is 4.74 Å². The predicted octanol–water partition coefficient (Wildman–Crippen LogP) is 3.20. The molecule has 0 aromatic rings. The first-order chi connectivity index (χ1) is 6.99. The maximum Gasteiger partial charge on any atom is 0.136 e. The highest BCUT2D eigenvalue weighted by Gasteiger charge is 2.23. The van der Waals surface area contributed by atoms with Crippen molar-refractivity contribution >= 4 is 5.78 Å². The van der Waals surface area contributed by atoms with Gasteiger partial charge in [0.15, 0.2) is 0 Å². The van der Waals surface area contributed by atoms with Gasteiger partial charge in [-0.25, -0.2) is 0 Å². The highest BCUT2D eigenvalue weighted by Crippen LogP contribution is 2.24. The quantitative estimate of drug-likeness (QED) is 0.654. The van der Waals surface area contributed by atoms with Crippen molar-refractivity contribution in [2.75, 3.05) is 13.2 Å². The Hall–Kier alpha value is -0.370. The zero-order valence-electron chi connectivity index (χ0n) is 10.3. The maximum absolute atomic E-state index is 11.3. The second kappa shape index (κ2) is 5.64. The van der Waals surface area contributed by atoms with E-state index in [1.807, 2.05) is 0 Å². The summed E-state index contributed by atoms with van der Waals surface area (Å²) in [5.41, 5.74) is 0.350. The van der Waals surface area contributed by atoms with E-state index in [1.165, 1.54) is 0 Å². The van der Waals surface area contributed by atoms with Gasteiger partial charge in [0, 0.05) is 25.6 Å². The molecule has 88 valence electrons. The Morgan fingerprint density at radius 1 is 1.33 bits per heavy atom. The molecule has 1 aliphatic rings. The Kier molecular flexibility index (Phi) is 4.78. The Morgan fingerprint density at radius 2 is 2.07 bits per heavy atom. The Labute approximate surface area is 93.4 Å². The normalized spacial score (nSPS) is 22.3. The number of hydrogen-bond acceptors (Lipinski definition) is 2. The number of rotatable bonds is 5. The van der Waals surface area contributed by atoms with Gasteiger partial charge in [0.05, 0.1) is 0 Å². The average molecular weight is 212 g/mol. The molecule has 1 aliphatic carbocycles. The van der Waals surface area contributed by atoms with Crippen LogP contribution in [0.15, 0.2) is 0 Å². The van der Waals surface area contributed by atoms with Gasteiger partial charge in [-0.15, -0.1) is 0 Å². The molecule has 0 spiro atoms. The van der Waals surface area contributed by atoms with Gasteiger partial charge in [0.2, 0.25) is 0 Å². The highest BCUT2D eigenvalue weighted by molar-refractivity contribution is 5.82. The van der Waals surface area contributed by atoms with Crippen molar-refractivity contribution in [2.24, 2.45) is 11.3 Å². The molecule has 0 saturated heterocycles. The van der Waals surface area contributed by atoms with Crippen LogP contribution in [0.2, 0.25) is 0 Å². The van der Waals surface area contributed by atoms with E-state index in [0.29, 0.717) is 17.1 Å². The number of hydrogen-bond donors (Lipinski definition) is 0. The average Bonchev–Trinajstić information content (AvgIpc) is 2.49. The van der Waals surface area contributed by atoms with E-state index in [2.05, 4.69) is 20.8 Å². The van der Waals surface area contributed by atoms with Crippen molar-refractivity contribution in [3.63, 3.8) is 0 Å². The fourth-order valence-corrected chi connectivity index (χ4v) is 1.90. The largest absolute Gasteiger partial charge is 0.381 e. The van der Waals surface area contributed by atoms with Crippen LogP contribution < -0.4 is 0 Å². The summed E-state index contributed by atoms with van der Waals surface area (Å²) in [7, 11) is 0. The van der Waals surface area contributed by atoms with Crippen molar-refractivity contribution in [2.45, 2.75) is 52.9 Å². The molecule has 2 heteroatoms. The molecule has 1 unspecified atom stereocenters. The number of ketones is 1. The topological polar surface area (TPSA) is 26.3 Å². The predicted molar refractivity (Wildman–Crippen MR) is 61.9 cm³/mol. The van der Waals surface area contributed by atoms with Crippen LogP contribution in [0.25, 0.3) is 0 Å². The van der Waals surface area contributed by atoms with Crippen LogP contribution in [-0.4, -0.2) is 19.0 Å². The van der Waals surface area contributed by atoms with E-state index in [1.54, 1.807) is 0 Å². The summed E-state index contributed by atoms with van der Waals surface area (Å²) in [6.07, 6.45) is 4.99. The first kappa shape index (κ1) is 12.7. The molecule has 15 heavy (non-hydrogen) atoms. The zero-order valence-corrected chi connectivity index (χ0v) is 10.3. The monoisotopic (exact) mass is 212 g/mol. The van der Waals surface area contributed by atoms with Crippen LogP contribution in [0.3, 0.4) is 0 Å². The molecule has 0 aromatic heterocycles. The smallest absolute Gasteiger partial charge is 0.136 e. The lowest BCUT2D eigenvalue weighted by atomic mass is 9.93. The molecular formula is C13H24O2. The number of carbonyl (C=O) groups is 1. The van der Waals surface area contributed by atoms with Crippen molar-refractivity contribution < 1.29 is 9.53 Å². The number of ether oxygens (including phenoxy) is 1. The molecule has 0 bridgehead atoms. The Morgan fingerprint density at radius 3 is 2.60 bits per heavy atom. The van der Waals surface area contributed by atoms with Crippen molar-refractivity contribution in [1.82, 2.24) is 0 Å². The summed E-state index contributed by atoms with van der Waals surface area (Å²) in [5, 5.41) is 0. The first-order valence-corrected chi connectivity index (χ1v) is 6.09. The Balaban J connectivity index is 2.00. The van der Waals surface area contributed by atoms with Gasteiger partial charge in [-0.05, 0) is 31.1 Å². The summed E-state index contributed by atoms with van der Waals surface area (Å²) in [5.74, 6) is 0.758. The third-order valence-electron chi connectivity index (χ3n) is 3.04. The fourth-order valence-electron chi connectivity index (χ4n) is 1.90. The standard InChI is InChI=1S/C13H24O2/c1-13(2,3)8-10-15-9-7-11-5-4-6-12(11)14/h11H,4-10H2,1-3H3. The molecule has 1 atom stereocenters. The first-order valence-electron chi connectivity index (χ1n) is 6.09. The summed E-state index contributed by atoms with van der Waals surface area (Å²) in [6.45, 7) is 8.24. The van der Waals surface area contributed by atoms with Crippen molar-refractivity contribution in [3.8, 4) is 0 Å². The number of carbonyl (C=O) groups excluding carboxylic acids is 1. The molecule has 0 aromatic carbocycles. The van der Waals surface area contributed by atoms with E-state index in [4.69, 9.17) is 4.74 Å². The summed E-state index contributed by atoms with van der Waals surface area (Å²) in [6, 6.07) is 0. The molecule has 0 N–H and O–H groups in total. The van der Waals surface area contributed by atoms with E-state index in [-0.39, 0.29) is 0 Å². The molecule has 1 rings (SSSR count). The van der Waals surface area contributed by atoms with Crippen molar-refractivity contribution in [1.29, 1.82) is 0 Å². The van der Waals surface area contributed by atoms with Crippen LogP contribution in [0, 0.1) is 11.3 Å². The van der Waals surface area contributed by atoms with Crippen LogP contribution in [-0.2, 0) is 9.53 Å². The lowest BCUT2D eigenvalue weighted by Gasteiger charge is -2.18. The SMILES string of the molecule is CC(C)(C)CCOCCC1CCCC1=O. The van der Waals surface area contributed by atoms with Gasteiger partial charge in [-0.1, -0.05) is 20.8 Å². The van der Waals surface area contributed by atoms with E-state index in [9.17, 15) is 4.79 Å². The van der Waals surface area contributed by atoms with Gasteiger partial charge in [-0.3, -0.25) is 4.79 Å². The van der Waals surface area contributed by atoms with Gasteiger partial charge in [0.1, 0.15) is 5.78 Å². The van der Waals surface area contributed by atoms with Crippen LogP contribution >= 0.6 is 0 Å². The van der Waals surface area contributed by atoms with Crippen LogP contribution in [0.5, 0.6) is 0 Å². The zero-order chi connectivity index (χ0) is 11.3. The molecule has 0 heterocycles. The van der Waals surface area contributed by atoms with Gasteiger partial charge in [-0.2, -0.15) is 0 Å². The summed E-state index contributed by atoms with van der Waals surface area (Å²) in [4.78, 5) is 11.3. The third kappa shape index (κ3) is 5.31. The summed E-state index contributed by atoms with van der Waals surface area (Å²) < 4.78 is 5.57.